The molecule has 2 aromatic carbocycles. The zero-order valence-corrected chi connectivity index (χ0v) is 13.2. The van der Waals surface area contributed by atoms with Crippen LogP contribution in [0.3, 0.4) is 0 Å². The minimum absolute atomic E-state index is 0.190. The van der Waals surface area contributed by atoms with E-state index in [-0.39, 0.29) is 5.91 Å². The van der Waals surface area contributed by atoms with Crippen LogP contribution in [0.5, 0.6) is 5.75 Å². The molecule has 4 nitrogen and oxygen atoms in total. The molecule has 0 saturated heterocycles. The van der Waals surface area contributed by atoms with E-state index in [1.807, 2.05) is 47.4 Å². The monoisotopic (exact) mass is 310 g/mol. The summed E-state index contributed by atoms with van der Waals surface area (Å²) in [5.41, 5.74) is 9.07. The molecule has 0 fully saturated rings. The van der Waals surface area contributed by atoms with E-state index in [1.54, 1.807) is 0 Å². The van der Waals surface area contributed by atoms with Gasteiger partial charge in [0.1, 0.15) is 5.75 Å². The van der Waals surface area contributed by atoms with Crippen LogP contribution in [0.15, 0.2) is 48.5 Å². The molecule has 23 heavy (non-hydrogen) atoms. The van der Waals surface area contributed by atoms with Crippen molar-refractivity contribution < 1.29 is 9.53 Å². The van der Waals surface area contributed by atoms with E-state index in [4.69, 9.17) is 10.5 Å². The summed E-state index contributed by atoms with van der Waals surface area (Å²) in [4.78, 5) is 14.3. The topological polar surface area (TPSA) is 55.6 Å². The number of nitrogens with zero attached hydrogens (tertiary/aromatic N) is 1. The van der Waals surface area contributed by atoms with Gasteiger partial charge in [-0.3, -0.25) is 4.79 Å². The second kappa shape index (κ2) is 7.18. The molecule has 0 aromatic heterocycles. The summed E-state index contributed by atoms with van der Waals surface area (Å²) in [7, 11) is 0. The highest BCUT2D eigenvalue weighted by Crippen LogP contribution is 2.22. The number of benzene rings is 2. The first-order valence-electron chi connectivity index (χ1n) is 8.05. The predicted molar refractivity (Wildman–Crippen MR) is 91.1 cm³/mol. The molecule has 4 heteroatoms. The fraction of sp³-hybridized carbons (Fsp3) is 0.316. The average molecular weight is 310 g/mol. The Morgan fingerprint density at radius 2 is 1.96 bits per heavy atom. The first-order chi connectivity index (χ1) is 11.2. The van der Waals surface area contributed by atoms with Crippen LogP contribution < -0.4 is 10.5 Å². The molecule has 2 aromatic rings. The zero-order valence-electron chi connectivity index (χ0n) is 13.2. The van der Waals surface area contributed by atoms with Crippen molar-refractivity contribution >= 4 is 11.6 Å². The third-order valence-electron chi connectivity index (χ3n) is 4.14. The summed E-state index contributed by atoms with van der Waals surface area (Å²) in [5.74, 6) is 1.04. The van der Waals surface area contributed by atoms with Crippen molar-refractivity contribution in [2.24, 2.45) is 0 Å². The molecule has 0 saturated carbocycles. The van der Waals surface area contributed by atoms with Crippen molar-refractivity contribution in [3.05, 3.63) is 59.7 Å². The maximum Gasteiger partial charge on any atom is 0.223 e. The fourth-order valence-electron chi connectivity index (χ4n) is 2.88. The Balaban J connectivity index is 1.46. The van der Waals surface area contributed by atoms with Gasteiger partial charge in [0.2, 0.25) is 5.91 Å². The smallest absolute Gasteiger partial charge is 0.223 e. The van der Waals surface area contributed by atoms with E-state index in [2.05, 4.69) is 6.07 Å². The number of para-hydroxylation sites is 1. The number of amides is 1. The highest BCUT2D eigenvalue weighted by molar-refractivity contribution is 5.76. The molecule has 120 valence electrons. The molecule has 1 aliphatic rings. The first kappa shape index (κ1) is 15.4. The lowest BCUT2D eigenvalue weighted by molar-refractivity contribution is -0.132. The van der Waals surface area contributed by atoms with Gasteiger partial charge in [0.15, 0.2) is 0 Å². The van der Waals surface area contributed by atoms with Crippen LogP contribution in [0.4, 0.5) is 5.69 Å². The van der Waals surface area contributed by atoms with Crippen molar-refractivity contribution in [3.8, 4) is 5.75 Å². The van der Waals surface area contributed by atoms with Crippen LogP contribution in [0.2, 0.25) is 0 Å². The Bertz CT molecular complexity index is 670. The van der Waals surface area contributed by atoms with Gasteiger partial charge in [0.25, 0.3) is 0 Å². The lowest BCUT2D eigenvalue weighted by atomic mass is 9.99. The Labute approximate surface area is 136 Å². The molecule has 1 amide bonds. The van der Waals surface area contributed by atoms with Crippen LogP contribution in [-0.2, 0) is 17.8 Å². The Morgan fingerprint density at radius 3 is 2.78 bits per heavy atom. The maximum absolute atomic E-state index is 12.3. The standard InChI is InChI=1S/C19H22N2O2/c20-17-9-8-15-10-11-21(14-16(15)13-17)19(22)7-4-12-23-18-5-2-1-3-6-18/h1-3,5-6,8-9,13H,4,7,10-12,14,20H2. The third kappa shape index (κ3) is 4.03. The van der Waals surface area contributed by atoms with Gasteiger partial charge in [-0.15, -0.1) is 0 Å². The maximum atomic E-state index is 12.3. The largest absolute Gasteiger partial charge is 0.494 e. The van der Waals surface area contributed by atoms with E-state index in [1.165, 1.54) is 11.1 Å². The SMILES string of the molecule is Nc1ccc2c(c1)CN(C(=O)CCCOc1ccccc1)CC2. The van der Waals surface area contributed by atoms with Crippen LogP contribution in [0.1, 0.15) is 24.0 Å². The number of anilines is 1. The molecule has 0 bridgehead atoms. The molecule has 0 radical (unpaired) electrons. The quantitative estimate of drug-likeness (QED) is 0.682. The summed E-state index contributed by atoms with van der Waals surface area (Å²) in [6.45, 7) is 2.02. The van der Waals surface area contributed by atoms with Crippen molar-refractivity contribution in [1.82, 2.24) is 4.90 Å². The molecule has 0 spiro atoms. The predicted octanol–water partition coefficient (Wildman–Crippen LogP) is 3.01. The summed E-state index contributed by atoms with van der Waals surface area (Å²) in [6.07, 6.45) is 2.15. The van der Waals surface area contributed by atoms with Crippen molar-refractivity contribution in [2.45, 2.75) is 25.8 Å². The van der Waals surface area contributed by atoms with Crippen LogP contribution in [-0.4, -0.2) is 24.0 Å². The number of carbonyl (C=O) groups is 1. The minimum Gasteiger partial charge on any atom is -0.494 e. The molecular weight excluding hydrogens is 288 g/mol. The van der Waals surface area contributed by atoms with Crippen LogP contribution in [0, 0.1) is 0 Å². The Kier molecular flexibility index (Phi) is 4.81. The summed E-state index contributed by atoms with van der Waals surface area (Å²) < 4.78 is 5.63. The first-order valence-corrected chi connectivity index (χ1v) is 8.05. The van der Waals surface area contributed by atoms with E-state index in [9.17, 15) is 4.79 Å². The number of hydrogen-bond donors (Lipinski definition) is 1. The second-order valence-corrected chi connectivity index (χ2v) is 5.86. The van der Waals surface area contributed by atoms with Crippen LogP contribution >= 0.6 is 0 Å². The molecule has 0 unspecified atom stereocenters. The van der Waals surface area contributed by atoms with Gasteiger partial charge in [0, 0.05) is 25.2 Å². The van der Waals surface area contributed by atoms with Gasteiger partial charge in [-0.05, 0) is 48.2 Å². The third-order valence-corrected chi connectivity index (χ3v) is 4.14. The van der Waals surface area contributed by atoms with E-state index in [0.29, 0.717) is 19.6 Å². The van der Waals surface area contributed by atoms with Gasteiger partial charge >= 0.3 is 0 Å². The van der Waals surface area contributed by atoms with Gasteiger partial charge in [-0.1, -0.05) is 24.3 Å². The molecular formula is C19H22N2O2. The number of rotatable bonds is 5. The van der Waals surface area contributed by atoms with Crippen molar-refractivity contribution in [1.29, 1.82) is 0 Å². The van der Waals surface area contributed by atoms with Crippen molar-refractivity contribution in [2.75, 3.05) is 18.9 Å². The zero-order chi connectivity index (χ0) is 16.1. The van der Waals surface area contributed by atoms with Gasteiger partial charge in [-0.2, -0.15) is 0 Å². The average Bonchev–Trinajstić information content (AvgIpc) is 2.58. The van der Waals surface area contributed by atoms with Gasteiger partial charge in [-0.25, -0.2) is 0 Å². The minimum atomic E-state index is 0.190. The Morgan fingerprint density at radius 1 is 1.13 bits per heavy atom. The number of ether oxygens (including phenoxy) is 1. The van der Waals surface area contributed by atoms with E-state index < -0.39 is 0 Å². The molecule has 2 N–H and O–H groups in total. The fourth-order valence-corrected chi connectivity index (χ4v) is 2.88. The number of carbonyl (C=O) groups excluding carboxylic acids is 1. The number of hydrogen-bond acceptors (Lipinski definition) is 3. The number of nitrogens with two attached hydrogens (primary N) is 1. The molecule has 1 heterocycles. The van der Waals surface area contributed by atoms with Crippen LogP contribution in [0.25, 0.3) is 0 Å². The highest BCUT2D eigenvalue weighted by atomic mass is 16.5. The molecule has 3 rings (SSSR count). The number of fused-ring (bicyclic) bond motifs is 1. The second-order valence-electron chi connectivity index (χ2n) is 5.86. The van der Waals surface area contributed by atoms with E-state index in [0.717, 1.165) is 30.8 Å². The molecule has 0 atom stereocenters. The van der Waals surface area contributed by atoms with Crippen molar-refractivity contribution in [3.63, 3.8) is 0 Å². The van der Waals surface area contributed by atoms with Gasteiger partial charge < -0.3 is 15.4 Å². The van der Waals surface area contributed by atoms with E-state index >= 15 is 0 Å². The number of nitrogen functional groups attached to an aromatic ring is 1. The summed E-state index contributed by atoms with van der Waals surface area (Å²) in [6, 6.07) is 15.7. The Hall–Kier alpha value is -2.49. The molecule has 1 aliphatic heterocycles. The lowest BCUT2D eigenvalue weighted by Gasteiger charge is -2.29. The summed E-state index contributed by atoms with van der Waals surface area (Å²) in [5, 5.41) is 0. The summed E-state index contributed by atoms with van der Waals surface area (Å²) >= 11 is 0. The lowest BCUT2D eigenvalue weighted by Crippen LogP contribution is -2.36. The van der Waals surface area contributed by atoms with Gasteiger partial charge in [0.05, 0.1) is 6.61 Å². The molecule has 0 aliphatic carbocycles. The normalized spacial score (nSPS) is 13.5. The highest BCUT2D eigenvalue weighted by Gasteiger charge is 2.20.